The first-order chi connectivity index (χ1) is 14.9. The summed E-state index contributed by atoms with van der Waals surface area (Å²) in [4.78, 5) is 17.2. The number of aryl methyl sites for hydroxylation is 1. The molecule has 2 aromatic heterocycles. The fourth-order valence-corrected chi connectivity index (χ4v) is 4.33. The molecule has 0 atom stereocenters. The zero-order valence-corrected chi connectivity index (χ0v) is 19.0. The zero-order chi connectivity index (χ0) is 22.0. The molecule has 1 N–H and O–H groups in total. The van der Waals surface area contributed by atoms with Crippen molar-refractivity contribution in [2.24, 2.45) is 0 Å². The molecule has 0 bridgehead atoms. The summed E-state index contributed by atoms with van der Waals surface area (Å²) in [5, 5.41) is 8.74. The van der Waals surface area contributed by atoms with Crippen LogP contribution in [0.15, 0.2) is 42.5 Å². The van der Waals surface area contributed by atoms with Crippen LogP contribution in [0.25, 0.3) is 15.3 Å². The number of nitrogens with one attached hydrogen (secondary N) is 1. The Morgan fingerprint density at radius 2 is 2.00 bits per heavy atom. The number of amides is 1. The van der Waals surface area contributed by atoms with Gasteiger partial charge in [0, 0.05) is 11.1 Å². The Hall–Kier alpha value is -2.81. The molecule has 0 aliphatic heterocycles. The summed E-state index contributed by atoms with van der Waals surface area (Å²) in [5.41, 5.74) is 1.50. The molecule has 160 valence electrons. The molecule has 0 spiro atoms. The van der Waals surface area contributed by atoms with Crippen LogP contribution < -0.4 is 14.8 Å². The van der Waals surface area contributed by atoms with E-state index in [0.29, 0.717) is 39.1 Å². The Labute approximate surface area is 192 Å². The number of fused-ring (bicyclic) bond motifs is 1. The monoisotopic (exact) mass is 476 g/mol. The van der Waals surface area contributed by atoms with E-state index < -0.39 is 0 Å². The molecule has 7 nitrogen and oxygen atoms in total. The van der Waals surface area contributed by atoms with Gasteiger partial charge in [-0.15, -0.1) is 0 Å². The molecule has 2 heterocycles. The van der Waals surface area contributed by atoms with Crippen molar-refractivity contribution >= 4 is 56.5 Å². The van der Waals surface area contributed by atoms with Crippen LogP contribution in [0.4, 0.5) is 5.82 Å². The number of para-hydroxylation sites is 1. The predicted molar refractivity (Wildman–Crippen MR) is 123 cm³/mol. The van der Waals surface area contributed by atoms with Crippen molar-refractivity contribution in [1.82, 2.24) is 14.8 Å². The van der Waals surface area contributed by atoms with Crippen molar-refractivity contribution in [2.75, 3.05) is 18.5 Å². The molecule has 0 radical (unpaired) electrons. The van der Waals surface area contributed by atoms with Gasteiger partial charge in [0.25, 0.3) is 5.91 Å². The van der Waals surface area contributed by atoms with Crippen molar-refractivity contribution in [3.05, 3.63) is 58.2 Å². The van der Waals surface area contributed by atoms with Crippen LogP contribution in [0.1, 0.15) is 12.6 Å². The van der Waals surface area contributed by atoms with Crippen LogP contribution in [0.3, 0.4) is 0 Å². The quantitative estimate of drug-likeness (QED) is 0.380. The summed E-state index contributed by atoms with van der Waals surface area (Å²) >= 11 is 13.4. The summed E-state index contributed by atoms with van der Waals surface area (Å²) in [6, 6.07) is 12.3. The third kappa shape index (κ3) is 4.76. The number of rotatable bonds is 7. The largest absolute Gasteiger partial charge is 0.492 e. The average molecular weight is 477 g/mol. The van der Waals surface area contributed by atoms with Gasteiger partial charge in [-0.3, -0.25) is 4.79 Å². The molecule has 0 fully saturated rings. The molecule has 2 aromatic carbocycles. The molecule has 31 heavy (non-hydrogen) atoms. The van der Waals surface area contributed by atoms with Gasteiger partial charge in [0.1, 0.15) is 22.8 Å². The molecule has 0 aliphatic rings. The molecule has 1 amide bonds. The first-order valence-corrected chi connectivity index (χ1v) is 11.0. The lowest BCUT2D eigenvalue weighted by Crippen LogP contribution is -2.22. The highest BCUT2D eigenvalue weighted by Gasteiger charge is 2.17. The number of aromatic nitrogens is 3. The number of carbonyl (C=O) groups is 1. The highest BCUT2D eigenvalue weighted by atomic mass is 35.5. The maximum absolute atomic E-state index is 12.5. The minimum Gasteiger partial charge on any atom is -0.492 e. The number of carbonyl (C=O) groups excluding carboxylic acids is 1. The number of nitrogens with zero attached hydrogens (tertiary/aromatic N) is 3. The van der Waals surface area contributed by atoms with Crippen molar-refractivity contribution in [3.8, 4) is 16.6 Å². The van der Waals surface area contributed by atoms with Gasteiger partial charge in [0.05, 0.1) is 22.0 Å². The van der Waals surface area contributed by atoms with E-state index in [1.165, 1.54) is 11.3 Å². The number of thiazole rings is 1. The van der Waals surface area contributed by atoms with E-state index in [-0.39, 0.29) is 12.5 Å². The smallest absolute Gasteiger partial charge is 0.263 e. The van der Waals surface area contributed by atoms with E-state index in [9.17, 15) is 4.79 Å². The Morgan fingerprint density at radius 1 is 1.16 bits per heavy atom. The van der Waals surface area contributed by atoms with Gasteiger partial charge in [-0.2, -0.15) is 9.78 Å². The van der Waals surface area contributed by atoms with Crippen LogP contribution in [0.2, 0.25) is 10.0 Å². The molecule has 10 heteroatoms. The van der Waals surface area contributed by atoms with Gasteiger partial charge in [0.15, 0.2) is 6.61 Å². The number of hydrogen-bond donors (Lipinski definition) is 1. The van der Waals surface area contributed by atoms with Gasteiger partial charge >= 0.3 is 0 Å². The second-order valence-electron chi connectivity index (χ2n) is 6.53. The molecule has 4 aromatic rings. The first-order valence-electron chi connectivity index (χ1n) is 9.41. The second kappa shape index (κ2) is 9.13. The van der Waals surface area contributed by atoms with Crippen LogP contribution in [0, 0.1) is 6.92 Å². The maximum atomic E-state index is 12.5. The molecule has 0 unspecified atom stereocenters. The van der Waals surface area contributed by atoms with Gasteiger partial charge < -0.3 is 14.8 Å². The summed E-state index contributed by atoms with van der Waals surface area (Å²) in [5.74, 6) is 1.22. The molecule has 0 saturated carbocycles. The zero-order valence-electron chi connectivity index (χ0n) is 16.7. The van der Waals surface area contributed by atoms with Gasteiger partial charge in [-0.05, 0) is 44.2 Å². The lowest BCUT2D eigenvalue weighted by Gasteiger charge is -2.09. The highest BCUT2D eigenvalue weighted by Crippen LogP contribution is 2.33. The van der Waals surface area contributed by atoms with E-state index in [1.807, 2.05) is 32.0 Å². The third-order valence-electron chi connectivity index (χ3n) is 4.20. The predicted octanol–water partition coefficient (Wildman–Crippen LogP) is 5.51. The minimum absolute atomic E-state index is 0.222. The molecular weight excluding hydrogens is 459 g/mol. The Morgan fingerprint density at radius 3 is 2.77 bits per heavy atom. The molecule has 0 saturated heterocycles. The van der Waals surface area contributed by atoms with Gasteiger partial charge in [-0.25, -0.2) is 4.98 Å². The lowest BCUT2D eigenvalue weighted by molar-refractivity contribution is -0.118. The normalized spacial score (nSPS) is 11.0. The van der Waals surface area contributed by atoms with Crippen molar-refractivity contribution in [2.45, 2.75) is 13.8 Å². The number of anilines is 1. The van der Waals surface area contributed by atoms with E-state index >= 15 is 0 Å². The van der Waals surface area contributed by atoms with E-state index in [1.54, 1.807) is 28.9 Å². The van der Waals surface area contributed by atoms with Crippen LogP contribution in [-0.2, 0) is 4.79 Å². The summed E-state index contributed by atoms with van der Waals surface area (Å²) in [6.07, 6.45) is 0. The Bertz CT molecular complexity index is 1250. The van der Waals surface area contributed by atoms with E-state index in [2.05, 4.69) is 15.4 Å². The van der Waals surface area contributed by atoms with Crippen molar-refractivity contribution in [3.63, 3.8) is 0 Å². The third-order valence-corrected chi connectivity index (χ3v) is 5.73. The maximum Gasteiger partial charge on any atom is 0.263 e. The number of benzene rings is 2. The number of hydrogen-bond acceptors (Lipinski definition) is 6. The van der Waals surface area contributed by atoms with E-state index in [0.717, 1.165) is 15.9 Å². The number of halogens is 2. The summed E-state index contributed by atoms with van der Waals surface area (Å²) in [6.45, 7) is 4.09. The Balaban J connectivity index is 1.54. The van der Waals surface area contributed by atoms with Crippen molar-refractivity contribution in [1.29, 1.82) is 0 Å². The Kier molecular flexibility index (Phi) is 6.31. The van der Waals surface area contributed by atoms with Crippen LogP contribution in [-0.4, -0.2) is 33.9 Å². The second-order valence-corrected chi connectivity index (χ2v) is 8.38. The van der Waals surface area contributed by atoms with Crippen molar-refractivity contribution < 1.29 is 14.3 Å². The minimum atomic E-state index is -0.358. The SMILES string of the molecule is CCOc1cccc2sc(-n3nc(C)cc3NC(=O)COc3ccc(Cl)cc3Cl)nc12. The summed E-state index contributed by atoms with van der Waals surface area (Å²) < 4.78 is 13.7. The van der Waals surface area contributed by atoms with Crippen LogP contribution in [0.5, 0.6) is 11.5 Å². The van der Waals surface area contributed by atoms with Crippen LogP contribution >= 0.6 is 34.5 Å². The molecule has 4 rings (SSSR count). The topological polar surface area (TPSA) is 78.3 Å². The first kappa shape index (κ1) is 21.4. The van der Waals surface area contributed by atoms with Gasteiger partial charge in [0.2, 0.25) is 5.13 Å². The fourth-order valence-electron chi connectivity index (χ4n) is 2.92. The molecular formula is C21H18Cl2N4O3S. The standard InChI is InChI=1S/C21H18Cl2N4O3S/c1-3-29-16-5-4-6-17-20(16)25-21(31-17)27-18(9-12(2)26-27)24-19(28)11-30-15-8-7-13(22)10-14(15)23/h4-10H,3,11H2,1-2H3,(H,24,28). The highest BCUT2D eigenvalue weighted by molar-refractivity contribution is 7.20. The van der Waals surface area contributed by atoms with E-state index in [4.69, 9.17) is 32.7 Å². The lowest BCUT2D eigenvalue weighted by atomic mass is 10.3. The van der Waals surface area contributed by atoms with Gasteiger partial charge in [-0.1, -0.05) is 40.6 Å². The fraction of sp³-hybridized carbons (Fsp3) is 0.190. The number of ether oxygens (including phenoxy) is 2. The summed E-state index contributed by atoms with van der Waals surface area (Å²) in [7, 11) is 0. The molecule has 0 aliphatic carbocycles. The average Bonchev–Trinajstić information content (AvgIpc) is 3.31.